The molecule has 0 aliphatic heterocycles. The van der Waals surface area contributed by atoms with E-state index < -0.39 is 12.8 Å². The van der Waals surface area contributed by atoms with Crippen LogP contribution in [0.5, 0.6) is 5.75 Å². The average molecular weight is 240 g/mol. The smallest absolute Gasteiger partial charge is 0.422 e. The monoisotopic (exact) mass is 239 g/mol. The predicted octanol–water partition coefficient (Wildman–Crippen LogP) is 2.74. The highest BCUT2D eigenvalue weighted by molar-refractivity contribution is 6.32. The summed E-state index contributed by atoms with van der Waals surface area (Å²) in [6.07, 6.45) is -4.37. The molecular weight excluding hydrogens is 231 g/mol. The fraction of sp³-hybridized carbons (Fsp3) is 0.333. The zero-order chi connectivity index (χ0) is 11.5. The van der Waals surface area contributed by atoms with Crippen molar-refractivity contribution in [3.05, 3.63) is 28.8 Å². The largest absolute Gasteiger partial charge is 0.483 e. The molecule has 0 atom stereocenters. The summed E-state index contributed by atoms with van der Waals surface area (Å²) in [6, 6.07) is 4.54. The summed E-state index contributed by atoms with van der Waals surface area (Å²) in [5, 5.41) is 0.129. The number of benzene rings is 1. The highest BCUT2D eigenvalue weighted by Crippen LogP contribution is 2.29. The van der Waals surface area contributed by atoms with Crippen molar-refractivity contribution in [2.75, 3.05) is 6.61 Å². The van der Waals surface area contributed by atoms with Crippen molar-refractivity contribution < 1.29 is 17.9 Å². The number of rotatable bonds is 3. The Morgan fingerprint density at radius 1 is 1.33 bits per heavy atom. The maximum absolute atomic E-state index is 11.9. The Balaban J connectivity index is 2.78. The molecule has 6 heteroatoms. The van der Waals surface area contributed by atoms with E-state index in [-0.39, 0.29) is 17.3 Å². The molecule has 0 unspecified atom stereocenters. The Morgan fingerprint density at radius 3 is 2.53 bits per heavy atom. The van der Waals surface area contributed by atoms with Gasteiger partial charge >= 0.3 is 6.18 Å². The molecule has 2 N–H and O–H groups in total. The number of nitrogens with two attached hydrogens (primary N) is 1. The van der Waals surface area contributed by atoms with Crippen molar-refractivity contribution in [3.63, 3.8) is 0 Å². The number of hydrogen-bond donors (Lipinski definition) is 1. The van der Waals surface area contributed by atoms with Crippen LogP contribution >= 0.6 is 11.6 Å². The molecule has 0 fully saturated rings. The van der Waals surface area contributed by atoms with E-state index in [0.29, 0.717) is 5.56 Å². The fourth-order valence-corrected chi connectivity index (χ4v) is 1.24. The molecule has 84 valence electrons. The van der Waals surface area contributed by atoms with Gasteiger partial charge in [-0.15, -0.1) is 0 Å². The van der Waals surface area contributed by atoms with E-state index in [2.05, 4.69) is 4.74 Å². The first-order valence-electron chi connectivity index (χ1n) is 4.11. The van der Waals surface area contributed by atoms with E-state index in [4.69, 9.17) is 17.3 Å². The lowest BCUT2D eigenvalue weighted by molar-refractivity contribution is -0.153. The summed E-state index contributed by atoms with van der Waals surface area (Å²) >= 11 is 5.77. The minimum absolute atomic E-state index is 0.00283. The molecule has 0 heterocycles. The second kappa shape index (κ2) is 4.72. The highest BCUT2D eigenvalue weighted by atomic mass is 35.5. The van der Waals surface area contributed by atoms with Gasteiger partial charge in [-0.3, -0.25) is 0 Å². The predicted molar refractivity (Wildman–Crippen MR) is 50.9 cm³/mol. The standard InChI is InChI=1S/C9H9ClF3NO/c10-8-6(4-14)2-1-3-7(8)15-5-9(11,12)13/h1-3H,4-5,14H2. The third-order valence-corrected chi connectivity index (χ3v) is 2.08. The Labute approximate surface area is 89.8 Å². The molecule has 0 aliphatic rings. The van der Waals surface area contributed by atoms with Crippen molar-refractivity contribution in [3.8, 4) is 5.75 Å². The first kappa shape index (κ1) is 12.1. The van der Waals surface area contributed by atoms with Crippen molar-refractivity contribution in [1.29, 1.82) is 0 Å². The fourth-order valence-electron chi connectivity index (χ4n) is 0.985. The van der Waals surface area contributed by atoms with Crippen LogP contribution in [0.4, 0.5) is 13.2 Å². The molecule has 1 rings (SSSR count). The summed E-state index contributed by atoms with van der Waals surface area (Å²) in [7, 11) is 0. The molecule has 15 heavy (non-hydrogen) atoms. The topological polar surface area (TPSA) is 35.2 Å². The second-order valence-electron chi connectivity index (χ2n) is 2.84. The molecule has 0 bridgehead atoms. The Bertz CT molecular complexity index is 341. The molecule has 0 radical (unpaired) electrons. The lowest BCUT2D eigenvalue weighted by Gasteiger charge is -2.11. The Hall–Kier alpha value is -0.940. The van der Waals surface area contributed by atoms with Crippen molar-refractivity contribution >= 4 is 11.6 Å². The molecule has 2 nitrogen and oxygen atoms in total. The normalized spacial score (nSPS) is 11.5. The molecule has 0 saturated heterocycles. The van der Waals surface area contributed by atoms with E-state index in [9.17, 15) is 13.2 Å². The maximum Gasteiger partial charge on any atom is 0.422 e. The van der Waals surface area contributed by atoms with E-state index in [1.54, 1.807) is 12.1 Å². The SMILES string of the molecule is NCc1cccc(OCC(F)(F)F)c1Cl. The van der Waals surface area contributed by atoms with Gasteiger partial charge in [-0.2, -0.15) is 13.2 Å². The van der Waals surface area contributed by atoms with Crippen LogP contribution < -0.4 is 10.5 Å². The van der Waals surface area contributed by atoms with Crippen molar-refractivity contribution in [1.82, 2.24) is 0 Å². The molecule has 0 spiro atoms. The van der Waals surface area contributed by atoms with Crippen LogP contribution in [0.25, 0.3) is 0 Å². The van der Waals surface area contributed by atoms with Crippen molar-refractivity contribution in [2.24, 2.45) is 5.73 Å². The second-order valence-corrected chi connectivity index (χ2v) is 3.22. The lowest BCUT2D eigenvalue weighted by atomic mass is 10.2. The van der Waals surface area contributed by atoms with Crippen LogP contribution in [-0.4, -0.2) is 12.8 Å². The van der Waals surface area contributed by atoms with Gasteiger partial charge < -0.3 is 10.5 Å². The minimum atomic E-state index is -4.37. The zero-order valence-corrected chi connectivity index (χ0v) is 8.40. The number of halogens is 4. The summed E-state index contributed by atoms with van der Waals surface area (Å²) < 4.78 is 40.1. The molecule has 0 saturated carbocycles. The van der Waals surface area contributed by atoms with E-state index in [1.165, 1.54) is 6.07 Å². The van der Waals surface area contributed by atoms with Gasteiger partial charge in [0.1, 0.15) is 5.75 Å². The van der Waals surface area contributed by atoms with E-state index in [1.807, 2.05) is 0 Å². The first-order chi connectivity index (χ1) is 6.94. The zero-order valence-electron chi connectivity index (χ0n) is 7.64. The Kier molecular flexibility index (Phi) is 3.82. The molecule has 0 aromatic heterocycles. The van der Waals surface area contributed by atoms with E-state index >= 15 is 0 Å². The van der Waals surface area contributed by atoms with Gasteiger partial charge in [0, 0.05) is 6.54 Å². The van der Waals surface area contributed by atoms with Gasteiger partial charge in [-0.05, 0) is 11.6 Å². The third kappa shape index (κ3) is 3.60. The number of ether oxygens (including phenoxy) is 1. The average Bonchev–Trinajstić information content (AvgIpc) is 2.15. The Morgan fingerprint density at radius 2 is 2.00 bits per heavy atom. The molecular formula is C9H9ClF3NO. The van der Waals surface area contributed by atoms with Gasteiger partial charge in [0.2, 0.25) is 0 Å². The first-order valence-corrected chi connectivity index (χ1v) is 4.49. The van der Waals surface area contributed by atoms with Gasteiger partial charge in [-0.25, -0.2) is 0 Å². The van der Waals surface area contributed by atoms with Crippen LogP contribution in [0, 0.1) is 0 Å². The summed E-state index contributed by atoms with van der Waals surface area (Å²) in [4.78, 5) is 0. The van der Waals surface area contributed by atoms with Gasteiger partial charge in [0.15, 0.2) is 6.61 Å². The van der Waals surface area contributed by atoms with Crippen LogP contribution in [0.3, 0.4) is 0 Å². The number of hydrogen-bond acceptors (Lipinski definition) is 2. The molecule has 1 aromatic carbocycles. The van der Waals surface area contributed by atoms with Crippen LogP contribution in [0.1, 0.15) is 5.56 Å². The van der Waals surface area contributed by atoms with Gasteiger partial charge in [0.25, 0.3) is 0 Å². The van der Waals surface area contributed by atoms with Crippen molar-refractivity contribution in [2.45, 2.75) is 12.7 Å². The van der Waals surface area contributed by atoms with Crippen LogP contribution in [-0.2, 0) is 6.54 Å². The third-order valence-electron chi connectivity index (χ3n) is 1.65. The highest BCUT2D eigenvalue weighted by Gasteiger charge is 2.28. The molecule has 0 aliphatic carbocycles. The van der Waals surface area contributed by atoms with Crippen LogP contribution in [0.15, 0.2) is 18.2 Å². The summed E-state index contributed by atoms with van der Waals surface area (Å²) in [6.45, 7) is -1.21. The lowest BCUT2D eigenvalue weighted by Crippen LogP contribution is -2.19. The summed E-state index contributed by atoms with van der Waals surface area (Å²) in [5.41, 5.74) is 5.89. The summed E-state index contributed by atoms with van der Waals surface area (Å²) in [5.74, 6) is -0.00283. The van der Waals surface area contributed by atoms with Gasteiger partial charge in [-0.1, -0.05) is 23.7 Å². The van der Waals surface area contributed by atoms with E-state index in [0.717, 1.165) is 0 Å². The minimum Gasteiger partial charge on any atom is -0.483 e. The number of alkyl halides is 3. The molecule has 1 aromatic rings. The van der Waals surface area contributed by atoms with Crippen LogP contribution in [0.2, 0.25) is 5.02 Å². The quantitative estimate of drug-likeness (QED) is 0.880. The maximum atomic E-state index is 11.9. The van der Waals surface area contributed by atoms with Gasteiger partial charge in [0.05, 0.1) is 5.02 Å². The molecule has 0 amide bonds.